The second-order valence-electron chi connectivity index (χ2n) is 5.84. The molecule has 0 aliphatic heterocycles. The molecule has 0 saturated heterocycles. The van der Waals surface area contributed by atoms with Gasteiger partial charge in [0.1, 0.15) is 6.61 Å². The number of allylic oxidation sites excluding steroid dienone is 4. The van der Waals surface area contributed by atoms with Gasteiger partial charge in [-0.25, -0.2) is 4.79 Å². The van der Waals surface area contributed by atoms with Crippen molar-refractivity contribution in [3.63, 3.8) is 0 Å². The number of carbonyl (C=O) groups excluding carboxylic acids is 1. The Hall–Kier alpha value is -1.55. The van der Waals surface area contributed by atoms with Crippen LogP contribution in [0.5, 0.6) is 0 Å². The van der Waals surface area contributed by atoms with Gasteiger partial charge < -0.3 is 14.4 Å². The van der Waals surface area contributed by atoms with Crippen molar-refractivity contribution in [1.29, 1.82) is 0 Å². The standard InChI is InChI=1S/C18H31NO3/c1-14(9-8-10-15(2)18(20)21-7)16(3)13-17(4)22-12-11-19(5)6/h10,13-14H,3,8-9,11-12H2,1-2,4-7H3/b15-10+,17-13+. The number of nitrogens with zero attached hydrogens (tertiary/aromatic N) is 1. The maximum atomic E-state index is 11.3. The maximum absolute atomic E-state index is 11.3. The van der Waals surface area contributed by atoms with E-state index in [2.05, 4.69) is 23.1 Å². The van der Waals surface area contributed by atoms with Crippen LogP contribution in [-0.2, 0) is 14.3 Å². The summed E-state index contributed by atoms with van der Waals surface area (Å²) in [7, 11) is 5.44. The molecule has 0 aliphatic carbocycles. The van der Waals surface area contributed by atoms with Gasteiger partial charge in [-0.05, 0) is 58.4 Å². The van der Waals surface area contributed by atoms with Crippen LogP contribution in [0.15, 0.2) is 35.6 Å². The molecule has 0 saturated carbocycles. The Morgan fingerprint density at radius 2 is 1.95 bits per heavy atom. The van der Waals surface area contributed by atoms with Crippen LogP contribution in [0.2, 0.25) is 0 Å². The Bertz CT molecular complexity index is 422. The van der Waals surface area contributed by atoms with Crippen LogP contribution in [0.4, 0.5) is 0 Å². The van der Waals surface area contributed by atoms with E-state index in [1.54, 1.807) is 6.92 Å². The highest BCUT2D eigenvalue weighted by Crippen LogP contribution is 2.18. The van der Waals surface area contributed by atoms with Crippen molar-refractivity contribution < 1.29 is 14.3 Å². The zero-order valence-corrected chi connectivity index (χ0v) is 14.9. The van der Waals surface area contributed by atoms with E-state index in [4.69, 9.17) is 4.74 Å². The minimum absolute atomic E-state index is 0.267. The molecule has 1 unspecified atom stereocenters. The summed E-state index contributed by atoms with van der Waals surface area (Å²) in [5.41, 5.74) is 1.70. The fourth-order valence-electron chi connectivity index (χ4n) is 1.81. The van der Waals surface area contributed by atoms with E-state index in [-0.39, 0.29) is 5.97 Å². The number of rotatable bonds is 10. The van der Waals surface area contributed by atoms with Gasteiger partial charge in [0, 0.05) is 12.1 Å². The summed E-state index contributed by atoms with van der Waals surface area (Å²) >= 11 is 0. The lowest BCUT2D eigenvalue weighted by molar-refractivity contribution is -0.136. The predicted octanol–water partition coefficient (Wildman–Crippen LogP) is 3.56. The molecule has 22 heavy (non-hydrogen) atoms. The number of carbonyl (C=O) groups is 1. The molecular weight excluding hydrogens is 278 g/mol. The van der Waals surface area contributed by atoms with Crippen molar-refractivity contribution in [1.82, 2.24) is 4.90 Å². The SMILES string of the molecule is C=C(/C=C(\C)OCCN(C)C)C(C)CC/C=C(\C)C(=O)OC. The highest BCUT2D eigenvalue weighted by Gasteiger charge is 2.06. The largest absolute Gasteiger partial charge is 0.497 e. The number of esters is 1. The molecule has 0 aromatic carbocycles. The highest BCUT2D eigenvalue weighted by molar-refractivity contribution is 5.87. The maximum Gasteiger partial charge on any atom is 0.333 e. The molecule has 0 spiro atoms. The van der Waals surface area contributed by atoms with Crippen molar-refractivity contribution in [2.75, 3.05) is 34.4 Å². The van der Waals surface area contributed by atoms with Crippen molar-refractivity contribution in [3.8, 4) is 0 Å². The van der Waals surface area contributed by atoms with Gasteiger partial charge in [0.05, 0.1) is 12.9 Å². The van der Waals surface area contributed by atoms with Crippen molar-refractivity contribution in [3.05, 3.63) is 35.6 Å². The van der Waals surface area contributed by atoms with Gasteiger partial charge in [0.25, 0.3) is 0 Å². The van der Waals surface area contributed by atoms with Gasteiger partial charge in [-0.2, -0.15) is 0 Å². The first-order chi connectivity index (χ1) is 10.3. The molecular formula is C18H31NO3. The Morgan fingerprint density at radius 3 is 2.50 bits per heavy atom. The topological polar surface area (TPSA) is 38.8 Å². The third kappa shape index (κ3) is 9.40. The molecule has 0 bridgehead atoms. The summed E-state index contributed by atoms with van der Waals surface area (Å²) in [6, 6.07) is 0. The molecule has 1 atom stereocenters. The molecule has 126 valence electrons. The smallest absolute Gasteiger partial charge is 0.333 e. The average Bonchev–Trinajstić information content (AvgIpc) is 2.45. The van der Waals surface area contributed by atoms with Crippen LogP contribution in [0.3, 0.4) is 0 Å². The molecule has 0 rings (SSSR count). The predicted molar refractivity (Wildman–Crippen MR) is 91.6 cm³/mol. The van der Waals surface area contributed by atoms with Gasteiger partial charge in [-0.15, -0.1) is 0 Å². The van der Waals surface area contributed by atoms with E-state index in [0.29, 0.717) is 18.1 Å². The summed E-state index contributed by atoms with van der Waals surface area (Å²) < 4.78 is 10.3. The monoisotopic (exact) mass is 309 g/mol. The Morgan fingerprint density at radius 1 is 1.32 bits per heavy atom. The molecule has 0 aromatic rings. The summed E-state index contributed by atoms with van der Waals surface area (Å²) in [5, 5.41) is 0. The van der Waals surface area contributed by atoms with Crippen LogP contribution < -0.4 is 0 Å². The molecule has 4 heteroatoms. The zero-order chi connectivity index (χ0) is 17.1. The number of methoxy groups -OCH3 is 1. The van der Waals surface area contributed by atoms with Crippen molar-refractivity contribution in [2.24, 2.45) is 5.92 Å². The molecule has 0 fully saturated rings. The Labute approximate surface area is 135 Å². The number of ether oxygens (including phenoxy) is 2. The normalized spacial score (nSPS) is 14.0. The van der Waals surface area contributed by atoms with E-state index < -0.39 is 0 Å². The first-order valence-corrected chi connectivity index (χ1v) is 7.67. The molecule has 0 amide bonds. The van der Waals surface area contributed by atoms with Crippen LogP contribution in [0, 0.1) is 5.92 Å². The van der Waals surface area contributed by atoms with Gasteiger partial charge in [0.2, 0.25) is 0 Å². The van der Waals surface area contributed by atoms with Gasteiger partial charge in [-0.1, -0.05) is 19.6 Å². The molecule has 4 nitrogen and oxygen atoms in total. The van der Waals surface area contributed by atoms with Gasteiger partial charge in [0.15, 0.2) is 0 Å². The summed E-state index contributed by atoms with van der Waals surface area (Å²) in [6.45, 7) is 11.5. The van der Waals surface area contributed by atoms with Crippen LogP contribution in [0.25, 0.3) is 0 Å². The number of likely N-dealkylation sites (N-methyl/N-ethyl adjacent to an activating group) is 1. The van der Waals surface area contributed by atoms with Gasteiger partial charge >= 0.3 is 5.97 Å². The average molecular weight is 309 g/mol. The summed E-state index contributed by atoms with van der Waals surface area (Å²) in [6.07, 6.45) is 5.68. The summed E-state index contributed by atoms with van der Waals surface area (Å²) in [4.78, 5) is 13.4. The fraction of sp³-hybridized carbons (Fsp3) is 0.611. The molecule has 0 N–H and O–H groups in total. The molecule has 0 radical (unpaired) electrons. The first-order valence-electron chi connectivity index (χ1n) is 7.67. The van der Waals surface area contributed by atoms with E-state index >= 15 is 0 Å². The van der Waals surface area contributed by atoms with E-state index in [1.165, 1.54) is 7.11 Å². The van der Waals surface area contributed by atoms with Crippen molar-refractivity contribution in [2.45, 2.75) is 33.6 Å². The van der Waals surface area contributed by atoms with E-state index in [0.717, 1.165) is 30.7 Å². The van der Waals surface area contributed by atoms with Crippen LogP contribution in [0.1, 0.15) is 33.6 Å². The zero-order valence-electron chi connectivity index (χ0n) is 14.9. The second kappa shape index (κ2) is 11.1. The lowest BCUT2D eigenvalue weighted by Gasteiger charge is -2.14. The lowest BCUT2D eigenvalue weighted by Crippen LogP contribution is -2.17. The minimum Gasteiger partial charge on any atom is -0.497 e. The third-order valence-corrected chi connectivity index (χ3v) is 3.45. The highest BCUT2D eigenvalue weighted by atomic mass is 16.5. The lowest BCUT2D eigenvalue weighted by atomic mass is 9.96. The van der Waals surface area contributed by atoms with E-state index in [9.17, 15) is 4.79 Å². The quantitative estimate of drug-likeness (QED) is 0.268. The first kappa shape index (κ1) is 20.5. The summed E-state index contributed by atoms with van der Waals surface area (Å²) in [5.74, 6) is 0.964. The third-order valence-electron chi connectivity index (χ3n) is 3.45. The fourth-order valence-corrected chi connectivity index (χ4v) is 1.81. The minimum atomic E-state index is -0.267. The molecule has 0 heterocycles. The number of hydrogen-bond donors (Lipinski definition) is 0. The van der Waals surface area contributed by atoms with Gasteiger partial charge in [-0.3, -0.25) is 0 Å². The Balaban J connectivity index is 4.23. The molecule has 0 aromatic heterocycles. The number of hydrogen-bond acceptors (Lipinski definition) is 4. The van der Waals surface area contributed by atoms with Crippen LogP contribution >= 0.6 is 0 Å². The van der Waals surface area contributed by atoms with Crippen LogP contribution in [-0.4, -0.2) is 45.2 Å². The second-order valence-corrected chi connectivity index (χ2v) is 5.84. The Kier molecular flexibility index (Phi) is 10.3. The van der Waals surface area contributed by atoms with E-state index in [1.807, 2.05) is 33.2 Å². The molecule has 0 aliphatic rings. The van der Waals surface area contributed by atoms with Crippen molar-refractivity contribution >= 4 is 5.97 Å².